The number of terminal acetylenes is 1. The molecule has 0 saturated heterocycles. The van der Waals surface area contributed by atoms with E-state index in [0.717, 1.165) is 6.42 Å². The average Bonchev–Trinajstić information content (AvgIpc) is 2.65. The minimum absolute atomic E-state index is 0.0725. The standard InChI is InChI=1S/C19H18N2O2S/c1-3-12-23-18-15(7-5-10-20-18)19(22)21-11-9-14-6-4-8-17(24-2)16(14)13-21/h1,4-8,10H,9,11-13H2,2H3. The third kappa shape index (κ3) is 3.24. The minimum atomic E-state index is -0.0725. The molecule has 0 N–H and O–H groups in total. The number of amides is 1. The van der Waals surface area contributed by atoms with E-state index in [1.54, 1.807) is 30.1 Å². The third-order valence-corrected chi connectivity index (χ3v) is 4.85. The highest BCUT2D eigenvalue weighted by atomic mass is 32.2. The second kappa shape index (κ2) is 7.41. The van der Waals surface area contributed by atoms with Crippen molar-refractivity contribution in [1.82, 2.24) is 9.88 Å². The smallest absolute Gasteiger partial charge is 0.259 e. The largest absolute Gasteiger partial charge is 0.464 e. The van der Waals surface area contributed by atoms with Gasteiger partial charge in [-0.3, -0.25) is 4.79 Å². The van der Waals surface area contributed by atoms with Crippen LogP contribution in [0.2, 0.25) is 0 Å². The van der Waals surface area contributed by atoms with E-state index in [0.29, 0.717) is 24.5 Å². The number of aromatic nitrogens is 1. The summed E-state index contributed by atoms with van der Waals surface area (Å²) in [6.07, 6.45) is 9.74. The number of rotatable bonds is 4. The van der Waals surface area contributed by atoms with Gasteiger partial charge in [-0.2, -0.15) is 0 Å². The highest BCUT2D eigenvalue weighted by Gasteiger charge is 2.25. The zero-order chi connectivity index (χ0) is 16.9. The highest BCUT2D eigenvalue weighted by molar-refractivity contribution is 7.98. The maximum absolute atomic E-state index is 12.9. The first-order chi connectivity index (χ1) is 11.7. The normalized spacial score (nSPS) is 13.1. The summed E-state index contributed by atoms with van der Waals surface area (Å²) in [5.74, 6) is 2.62. The average molecular weight is 338 g/mol. The van der Waals surface area contributed by atoms with Gasteiger partial charge < -0.3 is 9.64 Å². The van der Waals surface area contributed by atoms with Gasteiger partial charge in [0.05, 0.1) is 0 Å². The van der Waals surface area contributed by atoms with Crippen LogP contribution < -0.4 is 4.74 Å². The number of thioether (sulfide) groups is 1. The molecule has 3 rings (SSSR count). The van der Waals surface area contributed by atoms with Gasteiger partial charge in [0, 0.05) is 24.2 Å². The Morgan fingerprint density at radius 2 is 2.29 bits per heavy atom. The van der Waals surface area contributed by atoms with Crippen molar-refractivity contribution in [1.29, 1.82) is 0 Å². The molecule has 1 aromatic heterocycles. The fourth-order valence-electron chi connectivity index (χ4n) is 2.86. The predicted octanol–water partition coefficient (Wildman–Crippen LogP) is 3.01. The third-order valence-electron chi connectivity index (χ3n) is 4.03. The van der Waals surface area contributed by atoms with Gasteiger partial charge in [0.1, 0.15) is 5.56 Å². The van der Waals surface area contributed by atoms with Crippen LogP contribution in [-0.4, -0.2) is 35.2 Å². The molecule has 1 amide bonds. The first-order valence-corrected chi connectivity index (χ1v) is 8.92. The Hall–Kier alpha value is -2.45. The van der Waals surface area contributed by atoms with Crippen LogP contribution in [0.25, 0.3) is 0 Å². The molecule has 0 fully saturated rings. The molecule has 0 saturated carbocycles. The van der Waals surface area contributed by atoms with Crippen molar-refractivity contribution in [3.8, 4) is 18.2 Å². The Bertz CT molecular complexity index is 784. The van der Waals surface area contributed by atoms with E-state index in [9.17, 15) is 4.79 Å². The maximum atomic E-state index is 12.9. The predicted molar refractivity (Wildman–Crippen MR) is 95.2 cm³/mol. The zero-order valence-electron chi connectivity index (χ0n) is 13.5. The van der Waals surface area contributed by atoms with Crippen molar-refractivity contribution < 1.29 is 9.53 Å². The number of carbonyl (C=O) groups excluding carboxylic acids is 1. The Balaban J connectivity index is 1.86. The molecule has 4 nitrogen and oxygen atoms in total. The molecule has 24 heavy (non-hydrogen) atoms. The first kappa shape index (κ1) is 16.4. The van der Waals surface area contributed by atoms with Crippen molar-refractivity contribution in [3.63, 3.8) is 0 Å². The van der Waals surface area contributed by atoms with Gasteiger partial charge in [-0.15, -0.1) is 18.2 Å². The molecule has 1 aliphatic rings. The number of pyridine rings is 1. The molecule has 1 aliphatic heterocycles. The van der Waals surface area contributed by atoms with E-state index in [4.69, 9.17) is 11.2 Å². The number of hydrogen-bond donors (Lipinski definition) is 0. The molecular formula is C19H18N2O2S. The zero-order valence-corrected chi connectivity index (χ0v) is 14.3. The van der Waals surface area contributed by atoms with Gasteiger partial charge in [-0.1, -0.05) is 18.1 Å². The van der Waals surface area contributed by atoms with Crippen molar-refractivity contribution in [2.75, 3.05) is 19.4 Å². The molecule has 0 radical (unpaired) electrons. The summed E-state index contributed by atoms with van der Waals surface area (Å²) in [7, 11) is 0. The van der Waals surface area contributed by atoms with Crippen LogP contribution in [-0.2, 0) is 13.0 Å². The molecule has 2 heterocycles. The van der Waals surface area contributed by atoms with Crippen LogP contribution in [0, 0.1) is 12.3 Å². The van der Waals surface area contributed by atoms with Gasteiger partial charge in [0.25, 0.3) is 5.91 Å². The van der Waals surface area contributed by atoms with Crippen molar-refractivity contribution >= 4 is 17.7 Å². The van der Waals surface area contributed by atoms with Gasteiger partial charge in [0.2, 0.25) is 5.88 Å². The lowest BCUT2D eigenvalue weighted by Gasteiger charge is -2.30. The van der Waals surface area contributed by atoms with E-state index >= 15 is 0 Å². The van der Waals surface area contributed by atoms with Crippen molar-refractivity contribution in [3.05, 3.63) is 53.2 Å². The lowest BCUT2D eigenvalue weighted by molar-refractivity contribution is 0.0728. The lowest BCUT2D eigenvalue weighted by atomic mass is 9.99. The summed E-state index contributed by atoms with van der Waals surface area (Å²) in [6, 6.07) is 9.79. The minimum Gasteiger partial charge on any atom is -0.464 e. The second-order valence-corrected chi connectivity index (χ2v) is 6.27. The van der Waals surface area contributed by atoms with E-state index < -0.39 is 0 Å². The molecule has 5 heteroatoms. The van der Waals surface area contributed by atoms with Crippen LogP contribution in [0.15, 0.2) is 41.4 Å². The topological polar surface area (TPSA) is 42.4 Å². The van der Waals surface area contributed by atoms with E-state index in [1.165, 1.54) is 16.0 Å². The summed E-state index contributed by atoms with van der Waals surface area (Å²) >= 11 is 1.71. The number of fused-ring (bicyclic) bond motifs is 1. The summed E-state index contributed by atoms with van der Waals surface area (Å²) in [4.78, 5) is 20.2. The molecule has 122 valence electrons. The van der Waals surface area contributed by atoms with Crippen molar-refractivity contribution in [2.24, 2.45) is 0 Å². The Morgan fingerprint density at radius 1 is 1.42 bits per heavy atom. The van der Waals surface area contributed by atoms with Gasteiger partial charge in [0.15, 0.2) is 6.61 Å². The number of ether oxygens (including phenoxy) is 1. The number of benzene rings is 1. The SMILES string of the molecule is C#CCOc1ncccc1C(=O)N1CCc2cccc(SC)c2C1. The van der Waals surface area contributed by atoms with Crippen LogP contribution in [0.3, 0.4) is 0 Å². The summed E-state index contributed by atoms with van der Waals surface area (Å²) < 4.78 is 5.41. The van der Waals surface area contributed by atoms with Gasteiger partial charge in [-0.05, 0) is 42.0 Å². The van der Waals surface area contributed by atoms with Gasteiger partial charge in [-0.25, -0.2) is 4.98 Å². The molecule has 0 bridgehead atoms. The van der Waals surface area contributed by atoms with Crippen LogP contribution in [0.1, 0.15) is 21.5 Å². The Labute approximate surface area is 146 Å². The maximum Gasteiger partial charge on any atom is 0.259 e. The Morgan fingerprint density at radius 3 is 3.08 bits per heavy atom. The highest BCUT2D eigenvalue weighted by Crippen LogP contribution is 2.29. The lowest BCUT2D eigenvalue weighted by Crippen LogP contribution is -2.36. The fraction of sp³-hybridized carbons (Fsp3) is 0.263. The molecule has 0 unspecified atom stereocenters. The molecule has 0 aliphatic carbocycles. The molecule has 0 spiro atoms. The van der Waals surface area contributed by atoms with E-state index in [1.807, 2.05) is 4.90 Å². The van der Waals surface area contributed by atoms with Crippen LogP contribution in [0.5, 0.6) is 5.88 Å². The fourth-order valence-corrected chi connectivity index (χ4v) is 3.52. The Kier molecular flexibility index (Phi) is 5.07. The second-order valence-electron chi connectivity index (χ2n) is 5.42. The van der Waals surface area contributed by atoms with Crippen molar-refractivity contribution in [2.45, 2.75) is 17.9 Å². The van der Waals surface area contributed by atoms with E-state index in [-0.39, 0.29) is 12.5 Å². The first-order valence-electron chi connectivity index (χ1n) is 7.70. The molecule has 1 aromatic carbocycles. The summed E-state index contributed by atoms with van der Waals surface area (Å²) in [6.45, 7) is 1.39. The summed E-state index contributed by atoms with van der Waals surface area (Å²) in [5.41, 5.74) is 3.01. The molecular weight excluding hydrogens is 320 g/mol. The van der Waals surface area contributed by atoms with Crippen LogP contribution >= 0.6 is 11.8 Å². The monoisotopic (exact) mass is 338 g/mol. The van der Waals surface area contributed by atoms with Crippen LogP contribution in [0.4, 0.5) is 0 Å². The molecule has 2 aromatic rings. The number of nitrogens with zero attached hydrogens (tertiary/aromatic N) is 2. The quantitative estimate of drug-likeness (QED) is 0.635. The number of carbonyl (C=O) groups is 1. The number of hydrogen-bond acceptors (Lipinski definition) is 4. The summed E-state index contributed by atoms with van der Waals surface area (Å²) in [5, 5.41) is 0. The van der Waals surface area contributed by atoms with Gasteiger partial charge >= 0.3 is 0 Å². The molecule has 0 atom stereocenters. The van der Waals surface area contributed by atoms with E-state index in [2.05, 4.69) is 35.4 Å².